The fraction of sp³-hybridized carbons (Fsp3) is 0.529. The Labute approximate surface area is 130 Å². The molecule has 1 heterocycles. The molecule has 1 aliphatic heterocycles. The lowest BCUT2D eigenvalue weighted by molar-refractivity contribution is -0.167. The van der Waals surface area contributed by atoms with Gasteiger partial charge in [-0.2, -0.15) is 0 Å². The van der Waals surface area contributed by atoms with Crippen LogP contribution < -0.4 is 5.32 Å². The van der Waals surface area contributed by atoms with Crippen molar-refractivity contribution in [1.29, 1.82) is 0 Å². The molecule has 1 saturated heterocycles. The summed E-state index contributed by atoms with van der Waals surface area (Å²) in [4.78, 5) is 26.6. The van der Waals surface area contributed by atoms with Crippen LogP contribution in [-0.2, 0) is 14.3 Å². The van der Waals surface area contributed by atoms with Crippen LogP contribution in [0.5, 0.6) is 0 Å². The molecule has 1 aliphatic carbocycles. The largest absolute Gasteiger partial charge is 0.356 e. The molecule has 2 aliphatic rings. The van der Waals surface area contributed by atoms with Gasteiger partial charge in [0.1, 0.15) is 6.61 Å². The molecule has 2 fully saturated rings. The average molecular weight is 302 g/mol. The van der Waals surface area contributed by atoms with Crippen molar-refractivity contribution in [3.8, 4) is 0 Å². The van der Waals surface area contributed by atoms with Crippen molar-refractivity contribution in [1.82, 2.24) is 10.2 Å². The zero-order chi connectivity index (χ0) is 15.7. The molecule has 3 rings (SSSR count). The molecule has 1 saturated carbocycles. The predicted octanol–water partition coefficient (Wildman–Crippen LogP) is 1.64. The van der Waals surface area contributed by atoms with Crippen molar-refractivity contribution < 1.29 is 14.3 Å². The van der Waals surface area contributed by atoms with Gasteiger partial charge >= 0.3 is 0 Å². The molecule has 5 nitrogen and oxygen atoms in total. The molecule has 2 amide bonds. The van der Waals surface area contributed by atoms with Gasteiger partial charge in [0.25, 0.3) is 5.91 Å². The highest BCUT2D eigenvalue weighted by Crippen LogP contribution is 2.32. The van der Waals surface area contributed by atoms with Gasteiger partial charge in [0.15, 0.2) is 6.10 Å². The summed E-state index contributed by atoms with van der Waals surface area (Å²) >= 11 is 0. The van der Waals surface area contributed by atoms with Crippen molar-refractivity contribution in [2.24, 2.45) is 0 Å². The second-order valence-electron chi connectivity index (χ2n) is 6.26. The number of hydrogen-bond donors (Lipinski definition) is 1. The molecule has 0 spiro atoms. The first-order valence-electron chi connectivity index (χ1n) is 7.86. The maximum Gasteiger partial charge on any atom is 0.251 e. The first-order valence-corrected chi connectivity index (χ1v) is 7.86. The maximum atomic E-state index is 12.5. The van der Waals surface area contributed by atoms with Crippen molar-refractivity contribution in [2.45, 2.75) is 50.9 Å². The third-order valence-corrected chi connectivity index (χ3v) is 4.14. The minimum atomic E-state index is -0.650. The molecule has 0 aromatic heterocycles. The molecule has 0 bridgehead atoms. The Morgan fingerprint density at radius 1 is 1.27 bits per heavy atom. The van der Waals surface area contributed by atoms with Gasteiger partial charge in [0, 0.05) is 12.1 Å². The van der Waals surface area contributed by atoms with Crippen LogP contribution >= 0.6 is 0 Å². The molecule has 22 heavy (non-hydrogen) atoms. The van der Waals surface area contributed by atoms with Gasteiger partial charge in [-0.05, 0) is 32.3 Å². The van der Waals surface area contributed by atoms with E-state index < -0.39 is 6.10 Å². The Bertz CT molecular complexity index is 554. The number of benzene rings is 1. The third kappa shape index (κ3) is 2.99. The van der Waals surface area contributed by atoms with Crippen LogP contribution in [-0.4, -0.2) is 41.5 Å². The van der Waals surface area contributed by atoms with E-state index in [0.29, 0.717) is 0 Å². The Hall–Kier alpha value is -1.88. The average Bonchev–Trinajstić information content (AvgIpc) is 3.31. The van der Waals surface area contributed by atoms with Crippen molar-refractivity contribution in [3.05, 3.63) is 35.9 Å². The zero-order valence-corrected chi connectivity index (χ0v) is 13.0. The van der Waals surface area contributed by atoms with Gasteiger partial charge in [-0.25, -0.2) is 0 Å². The van der Waals surface area contributed by atoms with Crippen LogP contribution in [0.1, 0.15) is 38.3 Å². The molecule has 2 atom stereocenters. The van der Waals surface area contributed by atoms with E-state index >= 15 is 0 Å². The number of rotatable bonds is 4. The van der Waals surface area contributed by atoms with Gasteiger partial charge in [0.2, 0.25) is 5.91 Å². The van der Waals surface area contributed by atoms with Crippen molar-refractivity contribution in [3.63, 3.8) is 0 Å². The summed E-state index contributed by atoms with van der Waals surface area (Å²) in [5.74, 6) is -0.186. The predicted molar refractivity (Wildman–Crippen MR) is 82.1 cm³/mol. The van der Waals surface area contributed by atoms with Gasteiger partial charge < -0.3 is 15.0 Å². The fourth-order valence-corrected chi connectivity index (χ4v) is 2.95. The second kappa shape index (κ2) is 6.08. The van der Waals surface area contributed by atoms with E-state index in [1.54, 1.807) is 4.90 Å². The van der Waals surface area contributed by atoms with Crippen LogP contribution in [0.15, 0.2) is 30.3 Å². The number of amides is 2. The van der Waals surface area contributed by atoms with Crippen molar-refractivity contribution in [2.75, 3.05) is 6.61 Å². The highest BCUT2D eigenvalue weighted by atomic mass is 16.5. The van der Waals surface area contributed by atoms with Gasteiger partial charge in [-0.15, -0.1) is 0 Å². The Morgan fingerprint density at radius 2 is 1.95 bits per heavy atom. The molecular weight excluding hydrogens is 280 g/mol. The van der Waals surface area contributed by atoms with Crippen LogP contribution in [0.2, 0.25) is 0 Å². The standard InChI is InChI=1S/C17H22N2O3/c1-11(2)19-14(20)10-22-16(17(21)18-13-8-9-13)15(19)12-6-4-3-5-7-12/h3-7,11,13,15-16H,8-10H2,1-2H3,(H,18,21)/t15-,16+/m1/s1. The molecule has 5 heteroatoms. The van der Waals surface area contributed by atoms with E-state index in [9.17, 15) is 9.59 Å². The number of nitrogens with one attached hydrogen (secondary N) is 1. The van der Waals surface area contributed by atoms with Gasteiger partial charge in [0.05, 0.1) is 6.04 Å². The summed E-state index contributed by atoms with van der Waals surface area (Å²) < 4.78 is 5.62. The molecule has 1 aromatic rings. The van der Waals surface area contributed by atoms with Gasteiger partial charge in [-0.3, -0.25) is 9.59 Å². The zero-order valence-electron chi connectivity index (χ0n) is 13.0. The molecule has 1 aromatic carbocycles. The molecule has 1 N–H and O–H groups in total. The molecular formula is C17H22N2O3. The van der Waals surface area contributed by atoms with E-state index in [4.69, 9.17) is 4.74 Å². The summed E-state index contributed by atoms with van der Waals surface area (Å²) in [5, 5.41) is 3.00. The van der Waals surface area contributed by atoms with Crippen LogP contribution in [0, 0.1) is 0 Å². The van der Waals surface area contributed by atoms with Gasteiger partial charge in [-0.1, -0.05) is 30.3 Å². The normalized spacial score (nSPS) is 25.4. The molecule has 0 radical (unpaired) electrons. The van der Waals surface area contributed by atoms with Crippen LogP contribution in [0.3, 0.4) is 0 Å². The number of carbonyl (C=O) groups excluding carboxylic acids is 2. The van der Waals surface area contributed by atoms with E-state index in [-0.39, 0.29) is 36.5 Å². The van der Waals surface area contributed by atoms with Crippen LogP contribution in [0.4, 0.5) is 0 Å². The molecule has 0 unspecified atom stereocenters. The topological polar surface area (TPSA) is 58.6 Å². The monoisotopic (exact) mass is 302 g/mol. The third-order valence-electron chi connectivity index (χ3n) is 4.14. The number of carbonyl (C=O) groups is 2. The van der Waals surface area contributed by atoms with Crippen LogP contribution in [0.25, 0.3) is 0 Å². The van der Waals surface area contributed by atoms with E-state index in [0.717, 1.165) is 18.4 Å². The number of ether oxygens (including phenoxy) is 1. The summed E-state index contributed by atoms with van der Waals surface area (Å²) in [6.07, 6.45) is 1.41. The first-order chi connectivity index (χ1) is 10.6. The quantitative estimate of drug-likeness (QED) is 0.920. The summed E-state index contributed by atoms with van der Waals surface area (Å²) in [7, 11) is 0. The van der Waals surface area contributed by atoms with E-state index in [2.05, 4.69) is 5.32 Å². The summed E-state index contributed by atoms with van der Waals surface area (Å²) in [6, 6.07) is 9.56. The Balaban J connectivity index is 1.92. The lowest BCUT2D eigenvalue weighted by atomic mass is 9.96. The summed E-state index contributed by atoms with van der Waals surface area (Å²) in [5.41, 5.74) is 0.931. The molecule has 118 valence electrons. The number of nitrogens with zero attached hydrogens (tertiary/aromatic N) is 1. The highest BCUT2D eigenvalue weighted by Gasteiger charge is 2.43. The minimum Gasteiger partial charge on any atom is -0.356 e. The lowest BCUT2D eigenvalue weighted by Gasteiger charge is -2.42. The minimum absolute atomic E-state index is 0.0119. The fourth-order valence-electron chi connectivity index (χ4n) is 2.95. The maximum absolute atomic E-state index is 12.5. The SMILES string of the molecule is CC(C)N1C(=O)CO[C@H](C(=O)NC2CC2)[C@H]1c1ccccc1. The first kappa shape index (κ1) is 15.0. The van der Waals surface area contributed by atoms with E-state index in [1.165, 1.54) is 0 Å². The number of morpholine rings is 1. The highest BCUT2D eigenvalue weighted by molar-refractivity contribution is 5.86. The smallest absolute Gasteiger partial charge is 0.251 e. The van der Waals surface area contributed by atoms with E-state index in [1.807, 2.05) is 44.2 Å². The second-order valence-corrected chi connectivity index (χ2v) is 6.26. The summed E-state index contributed by atoms with van der Waals surface area (Å²) in [6.45, 7) is 3.90. The number of hydrogen-bond acceptors (Lipinski definition) is 3. The Morgan fingerprint density at radius 3 is 2.55 bits per heavy atom. The lowest BCUT2D eigenvalue weighted by Crippen LogP contribution is -2.56. The van der Waals surface area contributed by atoms with Crippen molar-refractivity contribution >= 4 is 11.8 Å². The Kier molecular flexibility index (Phi) is 4.16.